The van der Waals surface area contributed by atoms with Gasteiger partial charge >= 0.3 is 7.82 Å². The number of carbonyl (C=O) groups excluding carboxylic acids is 1. The van der Waals surface area contributed by atoms with Crippen LogP contribution in [0.1, 0.15) is 264 Å². The minimum absolute atomic E-state index is 0.0531. The Morgan fingerprint density at radius 2 is 0.821 bits per heavy atom. The van der Waals surface area contributed by atoms with Gasteiger partial charge < -0.3 is 19.8 Å². The average molecular weight is 965 g/mol. The maximum atomic E-state index is 13.0. The summed E-state index contributed by atoms with van der Waals surface area (Å²) in [7, 11) is 1.55. The standard InChI is InChI=1S/C58H111N2O6P/c1-6-8-10-12-14-16-18-20-22-24-26-27-28-29-30-31-32-33-34-36-38-40-42-44-46-48-50-52-58(62)59-56(55-66-67(63,64)65-54-53-60(3,4)5)57(61)51-49-47-45-43-41-39-37-35-25-23-21-19-17-15-13-11-9-7-2/h25,29-30,35,41,43,49,51,56-57,61H,6-24,26-28,31-34,36-40,42,44-48,50,52-55H2,1-5H3,(H-,59,62,63,64)/p+1/b30-29-,35-25+,43-41+,51-49+. The van der Waals surface area contributed by atoms with Crippen LogP contribution < -0.4 is 5.32 Å². The highest BCUT2D eigenvalue weighted by atomic mass is 31.2. The minimum atomic E-state index is -4.36. The molecule has 3 unspecified atom stereocenters. The Balaban J connectivity index is 4.23. The number of allylic oxidation sites excluding steroid dienone is 7. The first-order valence-electron chi connectivity index (χ1n) is 28.5. The van der Waals surface area contributed by atoms with E-state index in [1.807, 2.05) is 27.2 Å². The van der Waals surface area contributed by atoms with Crippen LogP contribution in [0.15, 0.2) is 48.6 Å². The molecular formula is C58H112N2O6P+. The number of carbonyl (C=O) groups is 1. The van der Waals surface area contributed by atoms with Crippen molar-refractivity contribution in [3.63, 3.8) is 0 Å². The molecule has 0 aliphatic rings. The van der Waals surface area contributed by atoms with Crippen molar-refractivity contribution in [1.82, 2.24) is 5.32 Å². The summed E-state index contributed by atoms with van der Waals surface area (Å²) in [6.07, 6.45) is 65.0. The maximum absolute atomic E-state index is 13.0. The fourth-order valence-electron chi connectivity index (χ4n) is 8.25. The average Bonchev–Trinajstić information content (AvgIpc) is 3.29. The van der Waals surface area contributed by atoms with Crippen LogP contribution >= 0.6 is 7.82 Å². The zero-order valence-electron chi connectivity index (χ0n) is 44.9. The second kappa shape index (κ2) is 49.4. The Hall–Kier alpha value is -1.54. The number of nitrogens with zero attached hydrogens (tertiary/aromatic N) is 1. The second-order valence-corrected chi connectivity index (χ2v) is 22.1. The highest BCUT2D eigenvalue weighted by Crippen LogP contribution is 2.43. The number of amides is 1. The molecule has 0 aromatic heterocycles. The molecule has 9 heteroatoms. The summed E-state index contributed by atoms with van der Waals surface area (Å²) in [5.74, 6) is -0.190. The molecule has 0 aliphatic heterocycles. The molecule has 0 saturated heterocycles. The molecule has 3 N–H and O–H groups in total. The first kappa shape index (κ1) is 65.5. The lowest BCUT2D eigenvalue weighted by Crippen LogP contribution is -2.45. The van der Waals surface area contributed by atoms with Gasteiger partial charge in [0.2, 0.25) is 5.91 Å². The van der Waals surface area contributed by atoms with Gasteiger partial charge in [0.1, 0.15) is 13.2 Å². The fraction of sp³-hybridized carbons (Fsp3) is 0.845. The van der Waals surface area contributed by atoms with Gasteiger partial charge in [-0.25, -0.2) is 4.57 Å². The number of rotatable bonds is 52. The van der Waals surface area contributed by atoms with Gasteiger partial charge in [-0.05, 0) is 70.6 Å². The van der Waals surface area contributed by atoms with E-state index in [-0.39, 0.29) is 19.1 Å². The van der Waals surface area contributed by atoms with Crippen LogP contribution in [0.2, 0.25) is 0 Å². The van der Waals surface area contributed by atoms with Crippen molar-refractivity contribution in [3.8, 4) is 0 Å². The molecule has 0 aromatic rings. The fourth-order valence-corrected chi connectivity index (χ4v) is 8.98. The second-order valence-electron chi connectivity index (χ2n) is 20.6. The van der Waals surface area contributed by atoms with Gasteiger partial charge in [0, 0.05) is 6.42 Å². The van der Waals surface area contributed by atoms with Gasteiger partial charge in [-0.3, -0.25) is 13.8 Å². The normalized spacial score (nSPS) is 14.3. The molecule has 8 nitrogen and oxygen atoms in total. The third-order valence-corrected chi connectivity index (χ3v) is 13.7. The Kier molecular flexibility index (Phi) is 48.3. The van der Waals surface area contributed by atoms with Crippen LogP contribution in [0.3, 0.4) is 0 Å². The lowest BCUT2D eigenvalue weighted by Gasteiger charge is -2.25. The smallest absolute Gasteiger partial charge is 0.387 e. The van der Waals surface area contributed by atoms with E-state index in [4.69, 9.17) is 9.05 Å². The summed E-state index contributed by atoms with van der Waals surface area (Å²) in [5, 5.41) is 13.9. The van der Waals surface area contributed by atoms with Crippen molar-refractivity contribution in [2.24, 2.45) is 0 Å². The largest absolute Gasteiger partial charge is 0.472 e. The van der Waals surface area contributed by atoms with Crippen molar-refractivity contribution < 1.29 is 32.9 Å². The Morgan fingerprint density at radius 3 is 1.19 bits per heavy atom. The summed E-state index contributed by atoms with van der Waals surface area (Å²) in [6.45, 7) is 4.80. The van der Waals surface area contributed by atoms with Crippen molar-refractivity contribution in [2.45, 2.75) is 276 Å². The highest BCUT2D eigenvalue weighted by Gasteiger charge is 2.27. The molecule has 0 aromatic carbocycles. The van der Waals surface area contributed by atoms with Crippen molar-refractivity contribution in [3.05, 3.63) is 48.6 Å². The zero-order valence-corrected chi connectivity index (χ0v) is 45.8. The number of likely N-dealkylation sites (N-methyl/N-ethyl adjacent to an activating group) is 1. The van der Waals surface area contributed by atoms with E-state index in [1.54, 1.807) is 6.08 Å². The summed E-state index contributed by atoms with van der Waals surface area (Å²) in [4.78, 5) is 23.3. The molecular weight excluding hydrogens is 852 g/mol. The predicted octanol–water partition coefficient (Wildman–Crippen LogP) is 17.2. The molecule has 1 amide bonds. The maximum Gasteiger partial charge on any atom is 0.472 e. The Labute approximate surface area is 416 Å². The number of hydrogen-bond donors (Lipinski definition) is 3. The van der Waals surface area contributed by atoms with Crippen molar-refractivity contribution in [2.75, 3.05) is 40.9 Å². The summed E-state index contributed by atoms with van der Waals surface area (Å²) in [5.41, 5.74) is 0. The Bertz CT molecular complexity index is 1230. The molecule has 67 heavy (non-hydrogen) atoms. The van der Waals surface area contributed by atoms with E-state index >= 15 is 0 Å². The number of phosphoric acid groups is 1. The predicted molar refractivity (Wildman–Crippen MR) is 291 cm³/mol. The molecule has 0 rings (SSSR count). The number of nitrogens with one attached hydrogen (secondary N) is 1. The molecule has 0 saturated carbocycles. The van der Waals surface area contributed by atoms with Gasteiger partial charge in [0.05, 0.1) is 39.9 Å². The summed E-state index contributed by atoms with van der Waals surface area (Å²) in [6, 6.07) is -0.871. The van der Waals surface area contributed by atoms with Gasteiger partial charge in [0.25, 0.3) is 0 Å². The first-order chi connectivity index (χ1) is 32.5. The van der Waals surface area contributed by atoms with Crippen LogP contribution in [-0.4, -0.2) is 73.4 Å². The summed E-state index contributed by atoms with van der Waals surface area (Å²) >= 11 is 0. The molecule has 0 radical (unpaired) electrons. The molecule has 0 spiro atoms. The number of aliphatic hydroxyl groups excluding tert-OH is 1. The molecule has 0 fully saturated rings. The first-order valence-corrected chi connectivity index (χ1v) is 30.0. The van der Waals surface area contributed by atoms with E-state index in [0.29, 0.717) is 17.4 Å². The van der Waals surface area contributed by atoms with Crippen molar-refractivity contribution in [1.29, 1.82) is 0 Å². The number of aliphatic hydroxyl groups is 1. The monoisotopic (exact) mass is 964 g/mol. The van der Waals surface area contributed by atoms with Gasteiger partial charge in [-0.1, -0.05) is 236 Å². The van der Waals surface area contributed by atoms with E-state index in [1.165, 1.54) is 199 Å². The van der Waals surface area contributed by atoms with Crippen LogP contribution in [-0.2, 0) is 18.4 Å². The van der Waals surface area contributed by atoms with Gasteiger partial charge in [-0.15, -0.1) is 0 Å². The SMILES string of the molecule is CCCCCCCCCC/C=C/CC/C=C/CC/C=C/C(O)C(COP(=O)(O)OCC[N+](C)(C)C)NC(=O)CCCCCCCCCCCCC/C=C\CCCCCCCCCCCCCC. The lowest BCUT2D eigenvalue weighted by molar-refractivity contribution is -0.870. The van der Waals surface area contributed by atoms with Gasteiger partial charge in [-0.2, -0.15) is 0 Å². The van der Waals surface area contributed by atoms with E-state index < -0.39 is 20.0 Å². The van der Waals surface area contributed by atoms with Crippen LogP contribution in [0.25, 0.3) is 0 Å². The summed E-state index contributed by atoms with van der Waals surface area (Å²) < 4.78 is 23.7. The zero-order chi connectivity index (χ0) is 49.2. The third-order valence-electron chi connectivity index (χ3n) is 12.7. The quantitative estimate of drug-likeness (QED) is 0.0243. The topological polar surface area (TPSA) is 105 Å². The number of unbranched alkanes of at least 4 members (excludes halogenated alkanes) is 33. The van der Waals surface area contributed by atoms with Crippen LogP contribution in [0, 0.1) is 0 Å². The van der Waals surface area contributed by atoms with Crippen LogP contribution in [0.5, 0.6) is 0 Å². The number of quaternary nitrogens is 1. The number of hydrogen-bond acceptors (Lipinski definition) is 5. The van der Waals surface area contributed by atoms with E-state index in [0.717, 1.165) is 44.9 Å². The lowest BCUT2D eigenvalue weighted by atomic mass is 10.0. The molecule has 3 atom stereocenters. The van der Waals surface area contributed by atoms with Crippen molar-refractivity contribution >= 4 is 13.7 Å². The minimum Gasteiger partial charge on any atom is -0.387 e. The number of phosphoric ester groups is 1. The van der Waals surface area contributed by atoms with Gasteiger partial charge in [0.15, 0.2) is 0 Å². The van der Waals surface area contributed by atoms with Crippen LogP contribution in [0.4, 0.5) is 0 Å². The van der Waals surface area contributed by atoms with E-state index in [2.05, 4.69) is 55.6 Å². The Morgan fingerprint density at radius 1 is 0.493 bits per heavy atom. The third kappa shape index (κ3) is 52.1. The molecule has 0 bridgehead atoms. The van der Waals surface area contributed by atoms with E-state index in [9.17, 15) is 19.4 Å². The molecule has 0 aliphatic carbocycles. The molecule has 0 heterocycles. The highest BCUT2D eigenvalue weighted by molar-refractivity contribution is 7.47. The molecule has 394 valence electrons.